The number of aryl methyl sites for hydroxylation is 2. The molecule has 0 amide bonds. The molecule has 0 radical (unpaired) electrons. The molecule has 2 rings (SSSR count). The van der Waals surface area contributed by atoms with Crippen molar-refractivity contribution in [2.24, 2.45) is 0 Å². The average Bonchev–Trinajstić information content (AvgIpc) is 2.81. The zero-order valence-corrected chi connectivity index (χ0v) is 11.2. The fourth-order valence-electron chi connectivity index (χ4n) is 2.06. The highest BCUT2D eigenvalue weighted by atomic mass is 16.4. The zero-order chi connectivity index (χ0) is 13.8. The van der Waals surface area contributed by atoms with Gasteiger partial charge in [-0.15, -0.1) is 0 Å². The minimum absolute atomic E-state index is 0.504. The first-order valence-electron chi connectivity index (χ1n) is 6.52. The van der Waals surface area contributed by atoms with Crippen LogP contribution in [0, 0.1) is 0 Å². The van der Waals surface area contributed by atoms with E-state index in [9.17, 15) is 10.0 Å². The Morgan fingerprint density at radius 3 is 2.53 bits per heavy atom. The summed E-state index contributed by atoms with van der Waals surface area (Å²) in [6, 6.07) is 7.26. The van der Waals surface area contributed by atoms with Gasteiger partial charge in [0.15, 0.2) is 5.82 Å². The van der Waals surface area contributed by atoms with Crippen LogP contribution in [0.1, 0.15) is 31.1 Å². The Morgan fingerprint density at radius 2 is 1.89 bits per heavy atom. The Kier molecular flexibility index (Phi) is 4.34. The lowest BCUT2D eigenvalue weighted by atomic mass is 9.77. The van der Waals surface area contributed by atoms with Gasteiger partial charge >= 0.3 is 7.12 Å². The molecule has 1 aromatic heterocycles. The van der Waals surface area contributed by atoms with Gasteiger partial charge in [-0.05, 0) is 11.0 Å². The molecule has 100 valence electrons. The number of benzene rings is 1. The van der Waals surface area contributed by atoms with Crippen molar-refractivity contribution in [1.82, 2.24) is 14.8 Å². The lowest BCUT2D eigenvalue weighted by molar-refractivity contribution is 0.425. The number of hydrogen-bond acceptors (Lipinski definition) is 4. The predicted molar refractivity (Wildman–Crippen MR) is 74.1 cm³/mol. The van der Waals surface area contributed by atoms with Gasteiger partial charge < -0.3 is 10.0 Å². The van der Waals surface area contributed by atoms with E-state index in [4.69, 9.17) is 0 Å². The molecule has 2 N–H and O–H groups in total. The van der Waals surface area contributed by atoms with Gasteiger partial charge in [0, 0.05) is 12.8 Å². The van der Waals surface area contributed by atoms with Crippen LogP contribution >= 0.6 is 0 Å². The van der Waals surface area contributed by atoms with Crippen LogP contribution in [-0.4, -0.2) is 31.9 Å². The first-order chi connectivity index (χ1) is 9.15. The summed E-state index contributed by atoms with van der Waals surface area (Å²) < 4.78 is 1.83. The maximum Gasteiger partial charge on any atom is 0.488 e. The molecule has 0 aliphatic rings. The first-order valence-corrected chi connectivity index (χ1v) is 6.52. The Morgan fingerprint density at radius 1 is 1.16 bits per heavy atom. The summed E-state index contributed by atoms with van der Waals surface area (Å²) in [7, 11) is -1.46. The van der Waals surface area contributed by atoms with E-state index in [2.05, 4.69) is 10.1 Å². The average molecular weight is 259 g/mol. The summed E-state index contributed by atoms with van der Waals surface area (Å²) in [6.07, 6.45) is 1.60. The largest absolute Gasteiger partial charge is 0.488 e. The van der Waals surface area contributed by atoms with Crippen LogP contribution in [0.4, 0.5) is 0 Å². The third-order valence-electron chi connectivity index (χ3n) is 3.08. The minimum atomic E-state index is -1.46. The molecular weight excluding hydrogens is 241 g/mol. The lowest BCUT2D eigenvalue weighted by Gasteiger charge is -2.09. The van der Waals surface area contributed by atoms with E-state index in [1.807, 2.05) is 30.7 Å². The molecule has 0 aliphatic carbocycles. The number of hydrogen-bond donors (Lipinski definition) is 2. The Hall–Kier alpha value is -1.66. The zero-order valence-electron chi connectivity index (χ0n) is 11.2. The highest BCUT2D eigenvalue weighted by Gasteiger charge is 2.16. The summed E-state index contributed by atoms with van der Waals surface area (Å²) in [5.41, 5.74) is 1.36. The van der Waals surface area contributed by atoms with Crippen molar-refractivity contribution in [2.45, 2.75) is 33.2 Å². The first kappa shape index (κ1) is 13.8. The van der Waals surface area contributed by atoms with E-state index in [0.717, 1.165) is 30.1 Å². The molecule has 19 heavy (non-hydrogen) atoms. The third kappa shape index (κ3) is 3.02. The number of rotatable bonds is 5. The lowest BCUT2D eigenvalue weighted by Crippen LogP contribution is -2.33. The number of nitrogens with zero attached hydrogens (tertiary/aromatic N) is 3. The van der Waals surface area contributed by atoms with Crippen molar-refractivity contribution in [1.29, 1.82) is 0 Å². The Labute approximate surface area is 113 Å². The summed E-state index contributed by atoms with van der Waals surface area (Å²) in [5, 5.41) is 23.2. The standard InChI is InChI=1S/C13H18BN3O2/c1-3-12-15-13(4-2)17(16-12)9-10-7-5-6-8-11(10)14(18)19/h5-8,18-19H,3-4,9H2,1-2H3. The predicted octanol–water partition coefficient (Wildman–Crippen LogP) is 0.131. The highest BCUT2D eigenvalue weighted by Crippen LogP contribution is 2.06. The van der Waals surface area contributed by atoms with Crippen LogP contribution < -0.4 is 5.46 Å². The molecular formula is C13H18BN3O2. The minimum Gasteiger partial charge on any atom is -0.423 e. The molecule has 0 saturated heterocycles. The van der Waals surface area contributed by atoms with E-state index in [1.165, 1.54) is 0 Å². The van der Waals surface area contributed by atoms with Crippen molar-refractivity contribution in [2.75, 3.05) is 0 Å². The van der Waals surface area contributed by atoms with Crippen molar-refractivity contribution >= 4 is 12.6 Å². The van der Waals surface area contributed by atoms with Crippen molar-refractivity contribution in [3.05, 3.63) is 41.5 Å². The molecule has 5 nitrogen and oxygen atoms in total. The maximum atomic E-state index is 9.37. The third-order valence-corrected chi connectivity index (χ3v) is 3.08. The van der Waals surface area contributed by atoms with Gasteiger partial charge in [-0.25, -0.2) is 9.67 Å². The van der Waals surface area contributed by atoms with Gasteiger partial charge in [-0.1, -0.05) is 38.1 Å². The fraction of sp³-hybridized carbons (Fsp3) is 0.385. The summed E-state index contributed by atoms with van der Waals surface area (Å²) in [4.78, 5) is 4.44. The van der Waals surface area contributed by atoms with Crippen LogP contribution in [-0.2, 0) is 19.4 Å². The summed E-state index contributed by atoms with van der Waals surface area (Å²) in [5.74, 6) is 1.73. The second-order valence-corrected chi connectivity index (χ2v) is 4.38. The van der Waals surface area contributed by atoms with Crippen LogP contribution in [0.15, 0.2) is 24.3 Å². The van der Waals surface area contributed by atoms with Crippen LogP contribution in [0.25, 0.3) is 0 Å². The molecule has 0 unspecified atom stereocenters. The van der Waals surface area contributed by atoms with E-state index in [-0.39, 0.29) is 0 Å². The molecule has 0 atom stereocenters. The molecule has 6 heteroatoms. The maximum absolute atomic E-state index is 9.37. The smallest absolute Gasteiger partial charge is 0.423 e. The van der Waals surface area contributed by atoms with Crippen molar-refractivity contribution in [3.8, 4) is 0 Å². The molecule has 2 aromatic rings. The topological polar surface area (TPSA) is 71.2 Å². The van der Waals surface area contributed by atoms with Gasteiger partial charge in [0.05, 0.1) is 6.54 Å². The molecule has 0 aliphatic heterocycles. The van der Waals surface area contributed by atoms with Gasteiger partial charge in [0.2, 0.25) is 0 Å². The van der Waals surface area contributed by atoms with Gasteiger partial charge in [0.25, 0.3) is 0 Å². The molecule has 1 heterocycles. The van der Waals surface area contributed by atoms with E-state index < -0.39 is 7.12 Å². The fourth-order valence-corrected chi connectivity index (χ4v) is 2.06. The SMILES string of the molecule is CCc1nc(CC)n(Cc2ccccc2B(O)O)n1. The van der Waals surface area contributed by atoms with Gasteiger partial charge in [0.1, 0.15) is 5.82 Å². The summed E-state index contributed by atoms with van der Waals surface area (Å²) in [6.45, 7) is 4.56. The molecule has 0 fully saturated rings. The Balaban J connectivity index is 2.33. The van der Waals surface area contributed by atoms with Crippen LogP contribution in [0.5, 0.6) is 0 Å². The second kappa shape index (κ2) is 5.99. The molecule has 0 spiro atoms. The van der Waals surface area contributed by atoms with E-state index in [0.29, 0.717) is 12.0 Å². The van der Waals surface area contributed by atoms with Gasteiger partial charge in [-0.3, -0.25) is 0 Å². The van der Waals surface area contributed by atoms with E-state index >= 15 is 0 Å². The molecule has 0 saturated carbocycles. The van der Waals surface area contributed by atoms with Crippen molar-refractivity contribution < 1.29 is 10.0 Å². The highest BCUT2D eigenvalue weighted by molar-refractivity contribution is 6.59. The molecule has 1 aromatic carbocycles. The van der Waals surface area contributed by atoms with E-state index in [1.54, 1.807) is 12.1 Å². The molecule has 0 bridgehead atoms. The normalized spacial score (nSPS) is 10.7. The second-order valence-electron chi connectivity index (χ2n) is 4.38. The Bertz CT molecular complexity index is 555. The summed E-state index contributed by atoms with van der Waals surface area (Å²) >= 11 is 0. The van der Waals surface area contributed by atoms with Crippen LogP contribution in [0.3, 0.4) is 0 Å². The van der Waals surface area contributed by atoms with Crippen LogP contribution in [0.2, 0.25) is 0 Å². The monoisotopic (exact) mass is 259 g/mol. The van der Waals surface area contributed by atoms with Crippen molar-refractivity contribution in [3.63, 3.8) is 0 Å². The quantitative estimate of drug-likeness (QED) is 0.749. The van der Waals surface area contributed by atoms with Gasteiger partial charge in [-0.2, -0.15) is 5.10 Å². The number of aromatic nitrogens is 3.